The molecule has 0 aromatic heterocycles. The minimum atomic E-state index is -0.266. The van der Waals surface area contributed by atoms with Crippen molar-refractivity contribution in [3.8, 4) is 11.5 Å². The minimum absolute atomic E-state index is 0.0967. The molecule has 1 aromatic carbocycles. The second kappa shape index (κ2) is 4.65. The molecular weight excluding hydrogens is 180 g/mol. The summed E-state index contributed by atoms with van der Waals surface area (Å²) in [6.45, 7) is 3.74. The highest BCUT2D eigenvalue weighted by Gasteiger charge is 2.12. The van der Waals surface area contributed by atoms with Gasteiger partial charge in [-0.25, -0.2) is 0 Å². The van der Waals surface area contributed by atoms with Crippen LogP contribution >= 0.6 is 0 Å². The standard InChI is InChI=1S/C11H14O3/c1-3-8(2)11(13)14-10-6-4-5-9(12)7-10/h4-8,12H,3H2,1-2H3. The van der Waals surface area contributed by atoms with Gasteiger partial charge in [-0.15, -0.1) is 0 Å². The van der Waals surface area contributed by atoms with Crippen LogP contribution in [0.25, 0.3) is 0 Å². The normalized spacial score (nSPS) is 12.1. The van der Waals surface area contributed by atoms with Crippen molar-refractivity contribution in [3.05, 3.63) is 24.3 Å². The Balaban J connectivity index is 2.65. The fraction of sp³-hybridized carbons (Fsp3) is 0.364. The molecular formula is C11H14O3. The van der Waals surface area contributed by atoms with Crippen molar-refractivity contribution in [2.45, 2.75) is 20.3 Å². The highest BCUT2D eigenvalue weighted by atomic mass is 16.5. The van der Waals surface area contributed by atoms with Gasteiger partial charge in [0, 0.05) is 6.07 Å². The van der Waals surface area contributed by atoms with Crippen molar-refractivity contribution < 1.29 is 14.6 Å². The molecule has 0 heterocycles. The third-order valence-electron chi connectivity index (χ3n) is 2.05. The van der Waals surface area contributed by atoms with E-state index >= 15 is 0 Å². The molecule has 1 atom stereocenters. The van der Waals surface area contributed by atoms with E-state index in [1.165, 1.54) is 12.1 Å². The maximum Gasteiger partial charge on any atom is 0.314 e. The van der Waals surface area contributed by atoms with Crippen LogP contribution in [0.3, 0.4) is 0 Å². The summed E-state index contributed by atoms with van der Waals surface area (Å²) in [4.78, 5) is 11.4. The monoisotopic (exact) mass is 194 g/mol. The van der Waals surface area contributed by atoms with Gasteiger partial charge in [0.1, 0.15) is 11.5 Å². The lowest BCUT2D eigenvalue weighted by Gasteiger charge is -2.08. The van der Waals surface area contributed by atoms with Gasteiger partial charge in [0.25, 0.3) is 0 Å². The van der Waals surface area contributed by atoms with E-state index < -0.39 is 0 Å². The number of esters is 1. The number of phenolic OH excluding ortho intramolecular Hbond substituents is 1. The second-order valence-electron chi connectivity index (χ2n) is 3.23. The molecule has 3 heteroatoms. The average molecular weight is 194 g/mol. The number of phenols is 1. The summed E-state index contributed by atoms with van der Waals surface area (Å²) in [5.41, 5.74) is 0. The molecule has 1 N–H and O–H groups in total. The Morgan fingerprint density at radius 2 is 2.29 bits per heavy atom. The van der Waals surface area contributed by atoms with Gasteiger partial charge in [0.05, 0.1) is 5.92 Å². The third-order valence-corrected chi connectivity index (χ3v) is 2.05. The lowest BCUT2D eigenvalue weighted by Crippen LogP contribution is -2.16. The summed E-state index contributed by atoms with van der Waals surface area (Å²) in [6.07, 6.45) is 0.748. The van der Waals surface area contributed by atoms with Crippen molar-refractivity contribution in [2.24, 2.45) is 5.92 Å². The molecule has 0 radical (unpaired) electrons. The van der Waals surface area contributed by atoms with Crippen LogP contribution in [0.5, 0.6) is 11.5 Å². The number of carbonyl (C=O) groups excluding carboxylic acids is 1. The van der Waals surface area contributed by atoms with Crippen LogP contribution in [0.2, 0.25) is 0 Å². The number of hydrogen-bond acceptors (Lipinski definition) is 3. The topological polar surface area (TPSA) is 46.5 Å². The summed E-state index contributed by atoms with van der Waals surface area (Å²) in [5, 5.41) is 9.13. The lowest BCUT2D eigenvalue weighted by molar-refractivity contribution is -0.138. The van der Waals surface area contributed by atoms with Crippen LogP contribution in [0.15, 0.2) is 24.3 Å². The first-order valence-corrected chi connectivity index (χ1v) is 4.64. The first-order valence-electron chi connectivity index (χ1n) is 4.64. The van der Waals surface area contributed by atoms with Gasteiger partial charge in [0.15, 0.2) is 0 Å². The van der Waals surface area contributed by atoms with Crippen molar-refractivity contribution in [2.75, 3.05) is 0 Å². The van der Waals surface area contributed by atoms with Crippen LogP contribution in [-0.4, -0.2) is 11.1 Å². The molecule has 0 spiro atoms. The van der Waals surface area contributed by atoms with E-state index in [-0.39, 0.29) is 17.6 Å². The van der Waals surface area contributed by atoms with Crippen molar-refractivity contribution in [1.29, 1.82) is 0 Å². The maximum atomic E-state index is 11.4. The van der Waals surface area contributed by atoms with Crippen LogP contribution in [0.4, 0.5) is 0 Å². The molecule has 0 amide bonds. The van der Waals surface area contributed by atoms with E-state index in [0.29, 0.717) is 5.75 Å². The molecule has 1 aromatic rings. The molecule has 0 bridgehead atoms. The Morgan fingerprint density at radius 1 is 1.57 bits per heavy atom. The first-order chi connectivity index (χ1) is 6.63. The summed E-state index contributed by atoms with van der Waals surface area (Å²) >= 11 is 0. The van der Waals surface area contributed by atoms with E-state index in [1.807, 2.05) is 13.8 Å². The molecule has 76 valence electrons. The Kier molecular flexibility index (Phi) is 3.51. The minimum Gasteiger partial charge on any atom is -0.508 e. The highest BCUT2D eigenvalue weighted by Crippen LogP contribution is 2.19. The van der Waals surface area contributed by atoms with Gasteiger partial charge in [-0.2, -0.15) is 0 Å². The van der Waals surface area contributed by atoms with Gasteiger partial charge < -0.3 is 9.84 Å². The Labute approximate surface area is 83.3 Å². The van der Waals surface area contributed by atoms with Gasteiger partial charge in [0.2, 0.25) is 0 Å². The molecule has 0 aliphatic rings. The summed E-state index contributed by atoms with van der Waals surface area (Å²) in [5.74, 6) is 0.102. The maximum absolute atomic E-state index is 11.4. The Hall–Kier alpha value is -1.51. The number of aromatic hydroxyl groups is 1. The Morgan fingerprint density at radius 3 is 2.86 bits per heavy atom. The van der Waals surface area contributed by atoms with E-state index in [1.54, 1.807) is 12.1 Å². The number of rotatable bonds is 3. The number of benzene rings is 1. The van der Waals surface area contributed by atoms with Crippen molar-refractivity contribution >= 4 is 5.97 Å². The predicted molar refractivity (Wildman–Crippen MR) is 53.2 cm³/mol. The number of carbonyl (C=O) groups is 1. The van der Waals surface area contributed by atoms with Gasteiger partial charge >= 0.3 is 5.97 Å². The Bertz CT molecular complexity index is 320. The lowest BCUT2D eigenvalue weighted by atomic mass is 10.1. The zero-order chi connectivity index (χ0) is 10.6. The van der Waals surface area contributed by atoms with E-state index in [0.717, 1.165) is 6.42 Å². The SMILES string of the molecule is CCC(C)C(=O)Oc1cccc(O)c1. The van der Waals surface area contributed by atoms with Gasteiger partial charge in [-0.05, 0) is 18.6 Å². The summed E-state index contributed by atoms with van der Waals surface area (Å²) in [7, 11) is 0. The van der Waals surface area contributed by atoms with Gasteiger partial charge in [-0.3, -0.25) is 4.79 Å². The third kappa shape index (κ3) is 2.76. The van der Waals surface area contributed by atoms with Crippen LogP contribution in [-0.2, 0) is 4.79 Å². The fourth-order valence-corrected chi connectivity index (χ4v) is 0.930. The number of hydrogen-bond donors (Lipinski definition) is 1. The highest BCUT2D eigenvalue weighted by molar-refractivity contribution is 5.74. The quantitative estimate of drug-likeness (QED) is 0.593. The van der Waals surface area contributed by atoms with Crippen molar-refractivity contribution in [1.82, 2.24) is 0 Å². The van der Waals surface area contributed by atoms with Gasteiger partial charge in [-0.1, -0.05) is 19.9 Å². The van der Waals surface area contributed by atoms with E-state index in [9.17, 15) is 4.79 Å². The molecule has 0 aliphatic carbocycles. The second-order valence-corrected chi connectivity index (χ2v) is 3.23. The predicted octanol–water partition coefficient (Wildman–Crippen LogP) is 2.34. The molecule has 3 nitrogen and oxygen atoms in total. The molecule has 0 saturated carbocycles. The molecule has 0 aliphatic heterocycles. The smallest absolute Gasteiger partial charge is 0.314 e. The molecule has 1 rings (SSSR count). The zero-order valence-electron chi connectivity index (χ0n) is 8.36. The fourth-order valence-electron chi connectivity index (χ4n) is 0.930. The van der Waals surface area contributed by atoms with E-state index in [2.05, 4.69) is 0 Å². The van der Waals surface area contributed by atoms with E-state index in [4.69, 9.17) is 9.84 Å². The first kappa shape index (κ1) is 10.6. The summed E-state index contributed by atoms with van der Waals surface area (Å²) in [6, 6.07) is 6.22. The number of ether oxygens (including phenoxy) is 1. The largest absolute Gasteiger partial charge is 0.508 e. The van der Waals surface area contributed by atoms with Crippen LogP contribution < -0.4 is 4.74 Å². The molecule has 1 unspecified atom stereocenters. The summed E-state index contributed by atoms with van der Waals surface area (Å²) < 4.78 is 5.05. The molecule has 14 heavy (non-hydrogen) atoms. The average Bonchev–Trinajstić information content (AvgIpc) is 2.16. The van der Waals surface area contributed by atoms with Crippen LogP contribution in [0.1, 0.15) is 20.3 Å². The van der Waals surface area contributed by atoms with Crippen LogP contribution in [0, 0.1) is 5.92 Å². The zero-order valence-corrected chi connectivity index (χ0v) is 8.36. The van der Waals surface area contributed by atoms with Crippen molar-refractivity contribution in [3.63, 3.8) is 0 Å². The molecule has 0 fully saturated rings. The molecule has 0 saturated heterocycles.